The van der Waals surface area contributed by atoms with Crippen molar-refractivity contribution in [1.82, 2.24) is 5.32 Å². The first-order chi connectivity index (χ1) is 7.69. The average molecular weight is 225 g/mol. The highest BCUT2D eigenvalue weighted by atomic mass is 16.7. The Morgan fingerprint density at radius 1 is 1.25 bits per heavy atom. The summed E-state index contributed by atoms with van der Waals surface area (Å²) in [5.74, 6) is 0.300. The molecule has 0 bridgehead atoms. The van der Waals surface area contributed by atoms with E-state index in [0.29, 0.717) is 12.3 Å². The Morgan fingerprint density at radius 3 is 2.44 bits per heavy atom. The number of rotatable bonds is 6. The van der Waals surface area contributed by atoms with E-state index in [2.05, 4.69) is 5.32 Å². The highest BCUT2D eigenvalue weighted by Crippen LogP contribution is 2.22. The Hall–Kier alpha value is -1.10. The second-order valence-corrected chi connectivity index (χ2v) is 3.59. The molecule has 0 spiro atoms. The summed E-state index contributed by atoms with van der Waals surface area (Å²) in [6.07, 6.45) is -0.270. The topological polar surface area (TPSA) is 50.7 Å². The fourth-order valence-electron chi connectivity index (χ4n) is 1.50. The SMILES string of the molecule is COC(CNC(C)c1ccccc1O)OC. The normalized spacial score (nSPS) is 13.0. The van der Waals surface area contributed by atoms with Gasteiger partial charge in [-0.2, -0.15) is 0 Å². The number of para-hydroxylation sites is 1. The number of hydrogen-bond donors (Lipinski definition) is 2. The molecule has 0 aliphatic carbocycles. The summed E-state index contributed by atoms with van der Waals surface area (Å²) < 4.78 is 10.1. The van der Waals surface area contributed by atoms with Gasteiger partial charge in [0.1, 0.15) is 5.75 Å². The van der Waals surface area contributed by atoms with Crippen molar-refractivity contribution in [3.63, 3.8) is 0 Å². The van der Waals surface area contributed by atoms with E-state index in [1.807, 2.05) is 19.1 Å². The number of phenolic OH excluding ortho intramolecular Hbond substituents is 1. The lowest BCUT2D eigenvalue weighted by atomic mass is 10.1. The highest BCUT2D eigenvalue weighted by Gasteiger charge is 2.11. The molecule has 0 aliphatic heterocycles. The minimum absolute atomic E-state index is 0.0500. The molecule has 2 N–H and O–H groups in total. The predicted molar refractivity (Wildman–Crippen MR) is 62.3 cm³/mol. The second kappa shape index (κ2) is 6.48. The fraction of sp³-hybridized carbons (Fsp3) is 0.500. The first-order valence-corrected chi connectivity index (χ1v) is 5.26. The number of phenols is 1. The Morgan fingerprint density at radius 2 is 1.88 bits per heavy atom. The van der Waals surface area contributed by atoms with E-state index in [9.17, 15) is 5.11 Å². The van der Waals surface area contributed by atoms with Crippen LogP contribution >= 0.6 is 0 Å². The van der Waals surface area contributed by atoms with Crippen molar-refractivity contribution in [1.29, 1.82) is 0 Å². The molecule has 16 heavy (non-hydrogen) atoms. The molecule has 0 heterocycles. The van der Waals surface area contributed by atoms with Gasteiger partial charge in [0, 0.05) is 32.4 Å². The van der Waals surface area contributed by atoms with Crippen LogP contribution in [-0.2, 0) is 9.47 Å². The van der Waals surface area contributed by atoms with Crippen LogP contribution in [-0.4, -0.2) is 32.2 Å². The Kier molecular flexibility index (Phi) is 5.25. The van der Waals surface area contributed by atoms with Gasteiger partial charge >= 0.3 is 0 Å². The van der Waals surface area contributed by atoms with Crippen LogP contribution in [0.25, 0.3) is 0 Å². The van der Waals surface area contributed by atoms with Crippen LogP contribution in [0.1, 0.15) is 18.5 Å². The Labute approximate surface area is 96.2 Å². The van der Waals surface area contributed by atoms with Crippen LogP contribution in [0.3, 0.4) is 0 Å². The smallest absolute Gasteiger partial charge is 0.169 e. The van der Waals surface area contributed by atoms with Crippen molar-refractivity contribution in [3.05, 3.63) is 29.8 Å². The van der Waals surface area contributed by atoms with Gasteiger partial charge in [0.05, 0.1) is 0 Å². The number of benzene rings is 1. The largest absolute Gasteiger partial charge is 0.508 e. The summed E-state index contributed by atoms with van der Waals surface area (Å²) >= 11 is 0. The molecule has 0 saturated heterocycles. The quantitative estimate of drug-likeness (QED) is 0.723. The van der Waals surface area contributed by atoms with Gasteiger partial charge in [-0.1, -0.05) is 18.2 Å². The van der Waals surface area contributed by atoms with Crippen molar-refractivity contribution >= 4 is 0 Å². The van der Waals surface area contributed by atoms with Crippen LogP contribution in [0.15, 0.2) is 24.3 Å². The molecule has 4 heteroatoms. The zero-order valence-corrected chi connectivity index (χ0v) is 9.93. The maximum atomic E-state index is 9.66. The van der Waals surface area contributed by atoms with E-state index in [-0.39, 0.29) is 12.3 Å². The number of aromatic hydroxyl groups is 1. The van der Waals surface area contributed by atoms with Crippen molar-refractivity contribution in [2.45, 2.75) is 19.3 Å². The molecule has 0 amide bonds. The summed E-state index contributed by atoms with van der Waals surface area (Å²) in [4.78, 5) is 0. The molecule has 1 atom stereocenters. The molecule has 0 aromatic heterocycles. The third-order valence-corrected chi connectivity index (χ3v) is 2.52. The molecule has 1 aromatic rings. The molecule has 90 valence electrons. The van der Waals surface area contributed by atoms with Gasteiger partial charge in [-0.3, -0.25) is 0 Å². The second-order valence-electron chi connectivity index (χ2n) is 3.59. The lowest BCUT2D eigenvalue weighted by Gasteiger charge is -2.19. The number of ether oxygens (including phenoxy) is 2. The van der Waals surface area contributed by atoms with Gasteiger partial charge in [0.25, 0.3) is 0 Å². The van der Waals surface area contributed by atoms with E-state index in [1.165, 1.54) is 0 Å². The molecule has 1 unspecified atom stereocenters. The standard InChI is InChI=1S/C12H19NO3/c1-9(13-8-12(15-2)16-3)10-6-4-5-7-11(10)14/h4-7,9,12-14H,8H2,1-3H3. The molecule has 0 aliphatic rings. The maximum absolute atomic E-state index is 9.66. The minimum Gasteiger partial charge on any atom is -0.508 e. The highest BCUT2D eigenvalue weighted by molar-refractivity contribution is 5.34. The van der Waals surface area contributed by atoms with Crippen molar-refractivity contribution in [2.24, 2.45) is 0 Å². The molecule has 1 rings (SSSR count). The third kappa shape index (κ3) is 3.48. The fourth-order valence-corrected chi connectivity index (χ4v) is 1.50. The molecular formula is C12H19NO3. The minimum atomic E-state index is -0.270. The van der Waals surface area contributed by atoms with Gasteiger partial charge in [-0.25, -0.2) is 0 Å². The van der Waals surface area contributed by atoms with Crippen molar-refractivity contribution in [2.75, 3.05) is 20.8 Å². The van der Waals surface area contributed by atoms with Gasteiger partial charge < -0.3 is 19.9 Å². The molecule has 4 nitrogen and oxygen atoms in total. The van der Waals surface area contributed by atoms with E-state index in [1.54, 1.807) is 26.4 Å². The summed E-state index contributed by atoms with van der Waals surface area (Å²) in [5, 5.41) is 12.9. The van der Waals surface area contributed by atoms with Crippen LogP contribution in [0.4, 0.5) is 0 Å². The Balaban J connectivity index is 2.52. The van der Waals surface area contributed by atoms with Gasteiger partial charge in [0.2, 0.25) is 0 Å². The van der Waals surface area contributed by atoms with E-state index >= 15 is 0 Å². The molecule has 0 saturated carbocycles. The number of methoxy groups -OCH3 is 2. The van der Waals surface area contributed by atoms with Crippen molar-refractivity contribution < 1.29 is 14.6 Å². The van der Waals surface area contributed by atoms with Crippen LogP contribution < -0.4 is 5.32 Å². The summed E-state index contributed by atoms with van der Waals surface area (Å²) in [6.45, 7) is 2.56. The zero-order valence-electron chi connectivity index (χ0n) is 9.93. The summed E-state index contributed by atoms with van der Waals surface area (Å²) in [7, 11) is 3.20. The Bertz CT molecular complexity index is 313. The molecule has 1 aromatic carbocycles. The molecular weight excluding hydrogens is 206 g/mol. The number of nitrogens with one attached hydrogen (secondary N) is 1. The van der Waals surface area contributed by atoms with Crippen LogP contribution in [0, 0.1) is 0 Å². The summed E-state index contributed by atoms with van der Waals surface area (Å²) in [6, 6.07) is 7.32. The first kappa shape index (κ1) is 13.0. The lowest BCUT2D eigenvalue weighted by molar-refractivity contribution is -0.0997. The maximum Gasteiger partial charge on any atom is 0.169 e. The van der Waals surface area contributed by atoms with E-state index in [4.69, 9.17) is 9.47 Å². The van der Waals surface area contributed by atoms with Crippen molar-refractivity contribution in [3.8, 4) is 5.75 Å². The van der Waals surface area contributed by atoms with Crippen LogP contribution in [0.5, 0.6) is 5.75 Å². The summed E-state index contributed by atoms with van der Waals surface area (Å²) in [5.41, 5.74) is 0.869. The van der Waals surface area contributed by atoms with Crippen LogP contribution in [0.2, 0.25) is 0 Å². The lowest BCUT2D eigenvalue weighted by Crippen LogP contribution is -2.31. The van der Waals surface area contributed by atoms with Gasteiger partial charge in [-0.15, -0.1) is 0 Å². The van der Waals surface area contributed by atoms with Gasteiger partial charge in [0.15, 0.2) is 6.29 Å². The molecule has 0 radical (unpaired) electrons. The van der Waals surface area contributed by atoms with E-state index < -0.39 is 0 Å². The first-order valence-electron chi connectivity index (χ1n) is 5.26. The monoisotopic (exact) mass is 225 g/mol. The predicted octanol–water partition coefficient (Wildman–Crippen LogP) is 1.66. The third-order valence-electron chi connectivity index (χ3n) is 2.52. The van der Waals surface area contributed by atoms with Gasteiger partial charge in [-0.05, 0) is 13.0 Å². The average Bonchev–Trinajstić information content (AvgIpc) is 2.30. The van der Waals surface area contributed by atoms with E-state index in [0.717, 1.165) is 5.56 Å². The number of hydrogen-bond acceptors (Lipinski definition) is 4. The zero-order chi connectivity index (χ0) is 12.0. The molecule has 0 fully saturated rings.